The molecule has 0 atom stereocenters. The maximum absolute atomic E-state index is 13.3. The first kappa shape index (κ1) is 21.5. The van der Waals surface area contributed by atoms with Crippen molar-refractivity contribution in [1.82, 2.24) is 0 Å². The minimum atomic E-state index is -3.94. The van der Waals surface area contributed by atoms with Crippen LogP contribution in [0.15, 0.2) is 65.6 Å². The summed E-state index contributed by atoms with van der Waals surface area (Å²) in [5.41, 5.74) is 1.02. The number of rotatable bonds is 5. The van der Waals surface area contributed by atoms with Gasteiger partial charge in [0.2, 0.25) is 0 Å². The Balaban J connectivity index is 1.77. The molecule has 0 aliphatic rings. The van der Waals surface area contributed by atoms with Gasteiger partial charge >= 0.3 is 6.03 Å². The number of anilines is 3. The molecule has 0 saturated heterocycles. The van der Waals surface area contributed by atoms with Crippen LogP contribution in [0.4, 0.5) is 30.6 Å². The zero-order valence-electron chi connectivity index (χ0n) is 15.5. The van der Waals surface area contributed by atoms with E-state index in [0.29, 0.717) is 16.3 Å². The fourth-order valence-electron chi connectivity index (χ4n) is 2.56. The fourth-order valence-corrected chi connectivity index (χ4v) is 4.02. The van der Waals surface area contributed by atoms with E-state index in [0.717, 1.165) is 12.1 Å². The molecule has 3 aromatic carbocycles. The third kappa shape index (κ3) is 5.25. The number of aryl methyl sites for hydroxylation is 1. The van der Waals surface area contributed by atoms with Crippen LogP contribution in [0.2, 0.25) is 5.02 Å². The van der Waals surface area contributed by atoms with Gasteiger partial charge in [0.15, 0.2) is 11.6 Å². The molecule has 0 radical (unpaired) electrons. The minimum Gasteiger partial charge on any atom is -0.308 e. The topological polar surface area (TPSA) is 87.3 Å². The van der Waals surface area contributed by atoms with Crippen molar-refractivity contribution in [2.75, 3.05) is 15.4 Å². The number of sulfonamides is 1. The normalized spacial score (nSPS) is 11.1. The summed E-state index contributed by atoms with van der Waals surface area (Å²) in [6, 6.07) is 12.6. The maximum Gasteiger partial charge on any atom is 0.323 e. The second kappa shape index (κ2) is 8.68. The molecule has 0 saturated carbocycles. The number of amides is 2. The number of hydrogen-bond donors (Lipinski definition) is 3. The van der Waals surface area contributed by atoms with Gasteiger partial charge in [0, 0.05) is 28.2 Å². The highest BCUT2D eigenvalue weighted by atomic mass is 35.5. The van der Waals surface area contributed by atoms with Crippen LogP contribution in [-0.4, -0.2) is 14.4 Å². The average Bonchev–Trinajstić information content (AvgIpc) is 2.68. The van der Waals surface area contributed by atoms with Gasteiger partial charge < -0.3 is 10.6 Å². The molecule has 10 heteroatoms. The van der Waals surface area contributed by atoms with Gasteiger partial charge in [-0.3, -0.25) is 4.72 Å². The molecular formula is C20H16ClF2N3O3S. The number of halogens is 3. The number of nitrogens with one attached hydrogen (secondary N) is 3. The van der Waals surface area contributed by atoms with Crippen molar-refractivity contribution in [3.05, 3.63) is 82.9 Å². The fraction of sp³-hybridized carbons (Fsp3) is 0.0500. The van der Waals surface area contributed by atoms with Crippen LogP contribution in [0.3, 0.4) is 0 Å². The lowest BCUT2D eigenvalue weighted by molar-refractivity contribution is 0.262. The highest BCUT2D eigenvalue weighted by molar-refractivity contribution is 7.92. The Morgan fingerprint density at radius 2 is 1.40 bits per heavy atom. The van der Waals surface area contributed by atoms with E-state index in [1.807, 2.05) is 0 Å². The first-order valence-corrected chi connectivity index (χ1v) is 10.4. The van der Waals surface area contributed by atoms with Crippen LogP contribution in [0, 0.1) is 18.6 Å². The van der Waals surface area contributed by atoms with Gasteiger partial charge in [-0.15, -0.1) is 0 Å². The molecule has 6 nitrogen and oxygen atoms in total. The highest BCUT2D eigenvalue weighted by Crippen LogP contribution is 2.24. The number of urea groups is 1. The molecule has 3 N–H and O–H groups in total. The molecule has 3 aromatic rings. The second-order valence-electron chi connectivity index (χ2n) is 6.30. The Bertz CT molecular complexity index is 1200. The van der Waals surface area contributed by atoms with E-state index in [4.69, 9.17) is 11.6 Å². The lowest BCUT2D eigenvalue weighted by Gasteiger charge is -2.13. The molecule has 0 bridgehead atoms. The van der Waals surface area contributed by atoms with Gasteiger partial charge in [-0.2, -0.15) is 0 Å². The molecule has 0 unspecified atom stereocenters. The second-order valence-corrected chi connectivity index (χ2v) is 8.39. The third-order valence-corrected chi connectivity index (χ3v) is 5.78. The van der Waals surface area contributed by atoms with E-state index >= 15 is 0 Å². The van der Waals surface area contributed by atoms with Crippen molar-refractivity contribution < 1.29 is 22.0 Å². The van der Waals surface area contributed by atoms with Crippen LogP contribution in [-0.2, 0) is 10.0 Å². The van der Waals surface area contributed by atoms with Crippen LogP contribution < -0.4 is 15.4 Å². The molecule has 156 valence electrons. The summed E-state index contributed by atoms with van der Waals surface area (Å²) in [4.78, 5) is 12.1. The standard InChI is InChI=1S/C20H16ClF2N3O3S/c1-12-2-5-16(25-20(27)24-15-8-9-17(22)18(23)10-15)11-19(12)30(28,29)26-14-6-3-13(21)4-7-14/h2-11,26H,1H3,(H2,24,25,27). The van der Waals surface area contributed by atoms with E-state index < -0.39 is 27.7 Å². The molecule has 0 heterocycles. The summed E-state index contributed by atoms with van der Waals surface area (Å²) >= 11 is 5.81. The van der Waals surface area contributed by atoms with Crippen molar-refractivity contribution in [2.24, 2.45) is 0 Å². The van der Waals surface area contributed by atoms with Gasteiger partial charge in [-0.1, -0.05) is 17.7 Å². The Hall–Kier alpha value is -3.17. The zero-order valence-corrected chi connectivity index (χ0v) is 17.1. The molecule has 2 amide bonds. The zero-order chi connectivity index (χ0) is 21.9. The summed E-state index contributed by atoms with van der Waals surface area (Å²) < 4.78 is 54.2. The molecule has 0 spiro atoms. The highest BCUT2D eigenvalue weighted by Gasteiger charge is 2.18. The first-order valence-electron chi connectivity index (χ1n) is 8.56. The van der Waals surface area contributed by atoms with Crippen molar-refractivity contribution in [1.29, 1.82) is 0 Å². The molecule has 0 fully saturated rings. The smallest absolute Gasteiger partial charge is 0.308 e. The van der Waals surface area contributed by atoms with Gasteiger partial charge in [-0.05, 0) is 61.0 Å². The van der Waals surface area contributed by atoms with Crippen molar-refractivity contribution in [3.63, 3.8) is 0 Å². The average molecular weight is 452 g/mol. The number of hydrogen-bond acceptors (Lipinski definition) is 3. The summed E-state index contributed by atoms with van der Waals surface area (Å²) in [5.74, 6) is -2.15. The molecule has 3 rings (SSSR count). The summed E-state index contributed by atoms with van der Waals surface area (Å²) in [6.45, 7) is 1.61. The monoisotopic (exact) mass is 451 g/mol. The van der Waals surface area contributed by atoms with Gasteiger partial charge in [0.25, 0.3) is 10.0 Å². The van der Waals surface area contributed by atoms with E-state index in [1.165, 1.54) is 36.4 Å². The summed E-state index contributed by atoms with van der Waals surface area (Å²) in [6.07, 6.45) is 0. The Kier molecular flexibility index (Phi) is 6.23. The molecule has 30 heavy (non-hydrogen) atoms. The first-order chi connectivity index (χ1) is 14.1. The van der Waals surface area contributed by atoms with Crippen LogP contribution in [0.5, 0.6) is 0 Å². The van der Waals surface area contributed by atoms with Crippen LogP contribution in [0.1, 0.15) is 5.56 Å². The molecule has 0 aliphatic heterocycles. The maximum atomic E-state index is 13.3. The predicted octanol–water partition coefficient (Wildman–Crippen LogP) is 5.37. The lowest BCUT2D eigenvalue weighted by atomic mass is 10.2. The number of benzene rings is 3. The SMILES string of the molecule is Cc1ccc(NC(=O)Nc2ccc(F)c(F)c2)cc1S(=O)(=O)Nc1ccc(Cl)cc1. The van der Waals surface area contributed by atoms with Gasteiger partial charge in [-0.25, -0.2) is 22.0 Å². The number of carbonyl (C=O) groups excluding carboxylic acids is 1. The summed E-state index contributed by atoms with van der Waals surface area (Å²) in [5, 5.41) is 5.27. The number of carbonyl (C=O) groups is 1. The van der Waals surface area contributed by atoms with Gasteiger partial charge in [0.1, 0.15) is 0 Å². The van der Waals surface area contributed by atoms with Crippen LogP contribution >= 0.6 is 11.6 Å². The van der Waals surface area contributed by atoms with Gasteiger partial charge in [0.05, 0.1) is 4.90 Å². The molecule has 0 aromatic heterocycles. The van der Waals surface area contributed by atoms with Crippen molar-refractivity contribution >= 4 is 44.7 Å². The third-order valence-electron chi connectivity index (χ3n) is 4.01. The van der Waals surface area contributed by atoms with E-state index in [1.54, 1.807) is 19.1 Å². The Morgan fingerprint density at radius 1 is 0.833 bits per heavy atom. The van der Waals surface area contributed by atoms with Crippen LogP contribution in [0.25, 0.3) is 0 Å². The predicted molar refractivity (Wildman–Crippen MR) is 112 cm³/mol. The quantitative estimate of drug-likeness (QED) is 0.487. The minimum absolute atomic E-state index is 0.0377. The molecular weight excluding hydrogens is 436 g/mol. The van der Waals surface area contributed by atoms with E-state index in [9.17, 15) is 22.0 Å². The molecule has 0 aliphatic carbocycles. The van der Waals surface area contributed by atoms with Crippen molar-refractivity contribution in [3.8, 4) is 0 Å². The lowest BCUT2D eigenvalue weighted by Crippen LogP contribution is -2.20. The van der Waals surface area contributed by atoms with Crippen molar-refractivity contribution in [2.45, 2.75) is 11.8 Å². The largest absolute Gasteiger partial charge is 0.323 e. The Labute approximate surface area is 176 Å². The Morgan fingerprint density at radius 3 is 2.03 bits per heavy atom. The van der Waals surface area contributed by atoms with E-state index in [2.05, 4.69) is 15.4 Å². The summed E-state index contributed by atoms with van der Waals surface area (Å²) in [7, 11) is -3.94. The van der Waals surface area contributed by atoms with E-state index in [-0.39, 0.29) is 16.3 Å².